The molecule has 0 aliphatic rings. The van der Waals surface area contributed by atoms with E-state index in [2.05, 4.69) is 21.2 Å². The van der Waals surface area contributed by atoms with E-state index in [1.165, 1.54) is 0 Å². The minimum absolute atomic E-state index is 0.00240. The average molecular weight is 300 g/mol. The molecule has 1 aromatic rings. The molecule has 0 bridgehead atoms. The largest absolute Gasteiger partial charge is 0.383 e. The minimum atomic E-state index is -0.0380. The molecular weight excluding hydrogens is 282 g/mol. The molecule has 94 valence electrons. The predicted octanol–water partition coefficient (Wildman–Crippen LogP) is 2.39. The number of hydrogen-bond acceptors (Lipinski definition) is 2. The standard InChI is InChI=1S/C13H18BrNO2/c1-3-10-6-4-5-7-12(10)13(16)15-11(8-14)9-17-2/h4-7,11H,3,8-9H2,1-2H3,(H,15,16). The van der Waals surface area contributed by atoms with Crippen molar-refractivity contribution in [3.05, 3.63) is 35.4 Å². The Hall–Kier alpha value is -0.870. The summed E-state index contributed by atoms with van der Waals surface area (Å²) in [4.78, 5) is 12.1. The zero-order valence-electron chi connectivity index (χ0n) is 10.2. The molecule has 0 radical (unpaired) electrons. The molecule has 0 spiro atoms. The van der Waals surface area contributed by atoms with E-state index in [-0.39, 0.29) is 11.9 Å². The Labute approximate surface area is 111 Å². The maximum Gasteiger partial charge on any atom is 0.251 e. The van der Waals surface area contributed by atoms with Gasteiger partial charge in [0, 0.05) is 18.0 Å². The summed E-state index contributed by atoms with van der Waals surface area (Å²) in [6, 6.07) is 7.67. The van der Waals surface area contributed by atoms with Crippen LogP contribution in [0.3, 0.4) is 0 Å². The minimum Gasteiger partial charge on any atom is -0.383 e. The Morgan fingerprint density at radius 2 is 2.18 bits per heavy atom. The van der Waals surface area contributed by atoms with Gasteiger partial charge in [0.25, 0.3) is 5.91 Å². The second kappa shape index (κ2) is 7.45. The summed E-state index contributed by atoms with van der Waals surface area (Å²) in [5.41, 5.74) is 1.81. The van der Waals surface area contributed by atoms with E-state index < -0.39 is 0 Å². The first kappa shape index (κ1) is 14.2. The summed E-state index contributed by atoms with van der Waals surface area (Å²) >= 11 is 3.36. The molecule has 0 aliphatic heterocycles. The summed E-state index contributed by atoms with van der Waals surface area (Å²) in [5, 5.41) is 3.63. The second-order valence-corrected chi connectivity index (χ2v) is 4.44. The van der Waals surface area contributed by atoms with Gasteiger partial charge in [-0.05, 0) is 18.1 Å². The third-order valence-electron chi connectivity index (χ3n) is 2.53. The van der Waals surface area contributed by atoms with Gasteiger partial charge >= 0.3 is 0 Å². The van der Waals surface area contributed by atoms with Crippen molar-refractivity contribution < 1.29 is 9.53 Å². The topological polar surface area (TPSA) is 38.3 Å². The van der Waals surface area contributed by atoms with Gasteiger partial charge in [-0.15, -0.1) is 0 Å². The van der Waals surface area contributed by atoms with Gasteiger partial charge in [-0.25, -0.2) is 0 Å². The van der Waals surface area contributed by atoms with Crippen LogP contribution >= 0.6 is 15.9 Å². The van der Waals surface area contributed by atoms with Gasteiger partial charge in [-0.2, -0.15) is 0 Å². The van der Waals surface area contributed by atoms with E-state index in [9.17, 15) is 4.79 Å². The fourth-order valence-electron chi connectivity index (χ4n) is 1.64. The summed E-state index contributed by atoms with van der Waals surface area (Å²) in [7, 11) is 1.63. The van der Waals surface area contributed by atoms with Crippen molar-refractivity contribution in [3.8, 4) is 0 Å². The molecule has 0 aliphatic carbocycles. The highest BCUT2D eigenvalue weighted by Gasteiger charge is 2.14. The molecule has 1 unspecified atom stereocenters. The lowest BCUT2D eigenvalue weighted by atomic mass is 10.0. The van der Waals surface area contributed by atoms with E-state index in [0.717, 1.165) is 17.5 Å². The van der Waals surface area contributed by atoms with Gasteiger partial charge in [-0.1, -0.05) is 41.1 Å². The number of amides is 1. The van der Waals surface area contributed by atoms with Crippen molar-refractivity contribution in [1.82, 2.24) is 5.32 Å². The number of alkyl halides is 1. The van der Waals surface area contributed by atoms with Gasteiger partial charge in [0.1, 0.15) is 0 Å². The molecule has 3 nitrogen and oxygen atoms in total. The van der Waals surface area contributed by atoms with E-state index >= 15 is 0 Å². The molecule has 1 aromatic carbocycles. The number of carbonyl (C=O) groups is 1. The van der Waals surface area contributed by atoms with Crippen LogP contribution in [0.5, 0.6) is 0 Å². The zero-order chi connectivity index (χ0) is 12.7. The molecule has 0 heterocycles. The fraction of sp³-hybridized carbons (Fsp3) is 0.462. The van der Waals surface area contributed by atoms with Gasteiger partial charge in [0.05, 0.1) is 12.6 Å². The molecule has 1 rings (SSSR count). The Morgan fingerprint density at radius 3 is 2.76 bits per heavy atom. The van der Waals surface area contributed by atoms with Gasteiger partial charge < -0.3 is 10.1 Å². The summed E-state index contributed by atoms with van der Waals surface area (Å²) in [6.45, 7) is 2.55. The smallest absolute Gasteiger partial charge is 0.251 e. The third kappa shape index (κ3) is 4.13. The summed E-state index contributed by atoms with van der Waals surface area (Å²) < 4.78 is 5.04. The molecule has 1 amide bonds. The molecule has 0 fully saturated rings. The van der Waals surface area contributed by atoms with Crippen LogP contribution in [-0.2, 0) is 11.2 Å². The van der Waals surface area contributed by atoms with Crippen LogP contribution in [0.25, 0.3) is 0 Å². The first-order valence-corrected chi connectivity index (χ1v) is 6.78. The van der Waals surface area contributed by atoms with E-state index in [4.69, 9.17) is 4.74 Å². The monoisotopic (exact) mass is 299 g/mol. The molecule has 4 heteroatoms. The van der Waals surface area contributed by atoms with Crippen molar-refractivity contribution in [2.24, 2.45) is 0 Å². The van der Waals surface area contributed by atoms with Gasteiger partial charge in [0.2, 0.25) is 0 Å². The van der Waals surface area contributed by atoms with Crippen LogP contribution in [0.4, 0.5) is 0 Å². The van der Waals surface area contributed by atoms with Crippen molar-refractivity contribution in [2.75, 3.05) is 19.0 Å². The molecule has 17 heavy (non-hydrogen) atoms. The molecule has 1 atom stereocenters. The Kier molecular flexibility index (Phi) is 6.22. The lowest BCUT2D eigenvalue weighted by Gasteiger charge is -2.16. The van der Waals surface area contributed by atoms with Crippen LogP contribution in [0.1, 0.15) is 22.8 Å². The number of nitrogens with one attached hydrogen (secondary N) is 1. The molecule has 0 saturated heterocycles. The highest BCUT2D eigenvalue weighted by Crippen LogP contribution is 2.09. The quantitative estimate of drug-likeness (QED) is 0.819. The lowest BCUT2D eigenvalue weighted by Crippen LogP contribution is -2.39. The summed E-state index contributed by atoms with van der Waals surface area (Å²) in [6.07, 6.45) is 0.854. The average Bonchev–Trinajstić information content (AvgIpc) is 2.38. The third-order valence-corrected chi connectivity index (χ3v) is 3.31. The van der Waals surface area contributed by atoms with E-state index in [0.29, 0.717) is 11.9 Å². The number of ether oxygens (including phenoxy) is 1. The highest BCUT2D eigenvalue weighted by atomic mass is 79.9. The maximum absolute atomic E-state index is 12.1. The van der Waals surface area contributed by atoms with Gasteiger partial charge in [0.15, 0.2) is 0 Å². The zero-order valence-corrected chi connectivity index (χ0v) is 11.8. The second-order valence-electron chi connectivity index (χ2n) is 3.79. The van der Waals surface area contributed by atoms with E-state index in [1.54, 1.807) is 7.11 Å². The van der Waals surface area contributed by atoms with Crippen LogP contribution < -0.4 is 5.32 Å². The Morgan fingerprint density at radius 1 is 1.47 bits per heavy atom. The Balaban J connectivity index is 2.75. The number of methoxy groups -OCH3 is 1. The number of hydrogen-bond donors (Lipinski definition) is 1. The molecule has 0 saturated carbocycles. The first-order valence-electron chi connectivity index (χ1n) is 5.66. The summed E-state index contributed by atoms with van der Waals surface area (Å²) in [5.74, 6) is -0.0380. The van der Waals surface area contributed by atoms with Crippen LogP contribution in [0, 0.1) is 0 Å². The first-order chi connectivity index (χ1) is 8.22. The molecule has 0 aromatic heterocycles. The maximum atomic E-state index is 12.1. The van der Waals surface area contributed by atoms with E-state index in [1.807, 2.05) is 31.2 Å². The van der Waals surface area contributed by atoms with Crippen molar-refractivity contribution in [2.45, 2.75) is 19.4 Å². The molecular formula is C13H18BrNO2. The van der Waals surface area contributed by atoms with Crippen LogP contribution in [0.15, 0.2) is 24.3 Å². The predicted molar refractivity (Wildman–Crippen MR) is 72.7 cm³/mol. The number of carbonyl (C=O) groups excluding carboxylic acids is 1. The van der Waals surface area contributed by atoms with Crippen LogP contribution in [0.2, 0.25) is 0 Å². The number of benzene rings is 1. The highest BCUT2D eigenvalue weighted by molar-refractivity contribution is 9.09. The van der Waals surface area contributed by atoms with Gasteiger partial charge in [-0.3, -0.25) is 4.79 Å². The van der Waals surface area contributed by atoms with Crippen molar-refractivity contribution in [3.63, 3.8) is 0 Å². The number of halogens is 1. The number of aryl methyl sites for hydroxylation is 1. The fourth-order valence-corrected chi connectivity index (χ4v) is 1.99. The molecule has 1 N–H and O–H groups in total. The SMILES string of the molecule is CCc1ccccc1C(=O)NC(CBr)COC. The Bertz CT molecular complexity index is 368. The van der Waals surface area contributed by atoms with Crippen molar-refractivity contribution >= 4 is 21.8 Å². The normalized spacial score (nSPS) is 12.2. The van der Waals surface area contributed by atoms with Crippen LogP contribution in [-0.4, -0.2) is 31.0 Å². The van der Waals surface area contributed by atoms with Crippen molar-refractivity contribution in [1.29, 1.82) is 0 Å². The number of rotatable bonds is 6. The lowest BCUT2D eigenvalue weighted by molar-refractivity contribution is 0.0907.